The Hall–Kier alpha value is -2.66. The molecule has 0 aliphatic heterocycles. The molecule has 0 spiro atoms. The molecule has 0 bridgehead atoms. The van der Waals surface area contributed by atoms with Crippen molar-refractivity contribution in [1.29, 1.82) is 0 Å². The third-order valence-corrected chi connectivity index (χ3v) is 5.21. The largest absolute Gasteiger partial charge is 0.361 e. The molecule has 2 aromatic heterocycles. The molecule has 1 amide bonds. The third-order valence-electron chi connectivity index (χ3n) is 4.15. The van der Waals surface area contributed by atoms with E-state index in [0.717, 1.165) is 31.8 Å². The van der Waals surface area contributed by atoms with E-state index in [1.807, 2.05) is 61.7 Å². The number of carbonyl (C=O) groups excluding carboxylic acids is 1. The van der Waals surface area contributed by atoms with Crippen LogP contribution in [0.15, 0.2) is 54.7 Å². The molecule has 0 fully saturated rings. The molecule has 5 heteroatoms. The van der Waals surface area contributed by atoms with Crippen LogP contribution in [0, 0.1) is 0 Å². The van der Waals surface area contributed by atoms with E-state index in [9.17, 15) is 4.79 Å². The highest BCUT2D eigenvalue weighted by Gasteiger charge is 2.19. The van der Waals surface area contributed by atoms with E-state index >= 15 is 0 Å². The number of nitrogens with zero attached hydrogens (tertiary/aromatic N) is 2. The molecule has 0 saturated heterocycles. The molecule has 4 rings (SSSR count). The van der Waals surface area contributed by atoms with Crippen molar-refractivity contribution in [3.63, 3.8) is 0 Å². The first-order valence-electron chi connectivity index (χ1n) is 7.97. The Morgan fingerprint density at radius 3 is 2.79 bits per heavy atom. The van der Waals surface area contributed by atoms with Crippen LogP contribution in [0.3, 0.4) is 0 Å². The summed E-state index contributed by atoms with van der Waals surface area (Å²) in [7, 11) is 0. The minimum atomic E-state index is 0.0707. The van der Waals surface area contributed by atoms with E-state index in [1.54, 1.807) is 16.2 Å². The Bertz CT molecular complexity index is 984. The highest BCUT2D eigenvalue weighted by Crippen LogP contribution is 2.29. The number of anilines is 1. The zero-order valence-electron chi connectivity index (χ0n) is 13.3. The van der Waals surface area contributed by atoms with E-state index in [-0.39, 0.29) is 5.91 Å². The minimum Gasteiger partial charge on any atom is -0.361 e. The van der Waals surface area contributed by atoms with Gasteiger partial charge in [0.2, 0.25) is 5.91 Å². The van der Waals surface area contributed by atoms with E-state index in [4.69, 9.17) is 0 Å². The van der Waals surface area contributed by atoms with Crippen LogP contribution in [-0.4, -0.2) is 22.4 Å². The van der Waals surface area contributed by atoms with Crippen molar-refractivity contribution in [2.75, 3.05) is 11.4 Å². The van der Waals surface area contributed by atoms with Crippen LogP contribution >= 0.6 is 11.3 Å². The molecule has 0 atom stereocenters. The van der Waals surface area contributed by atoms with E-state index < -0.39 is 0 Å². The number of likely N-dealkylation sites (N-methyl/N-ethyl adjacent to an activating group) is 1. The number of fused-ring (bicyclic) bond motifs is 2. The predicted molar refractivity (Wildman–Crippen MR) is 99.6 cm³/mol. The van der Waals surface area contributed by atoms with E-state index in [1.165, 1.54) is 0 Å². The predicted octanol–water partition coefficient (Wildman–Crippen LogP) is 4.37. The molecule has 4 aromatic rings. The van der Waals surface area contributed by atoms with Gasteiger partial charge in [-0.25, -0.2) is 4.98 Å². The standard InChI is InChI=1S/C19H17N3OS/c1-2-22(19-21-16-9-5-6-10-17(16)24-19)18(23)11-13-12-20-15-8-4-3-7-14(13)15/h3-10,12,20H,2,11H2,1H3. The van der Waals surface area contributed by atoms with Gasteiger partial charge in [0.25, 0.3) is 0 Å². The first kappa shape index (κ1) is 14.9. The molecule has 120 valence electrons. The SMILES string of the molecule is CCN(C(=O)Cc1c[nH]c2ccccc12)c1nc2ccccc2s1. The topological polar surface area (TPSA) is 49.0 Å². The van der Waals surface area contributed by atoms with Gasteiger partial charge < -0.3 is 4.98 Å². The van der Waals surface area contributed by atoms with Gasteiger partial charge in [-0.2, -0.15) is 0 Å². The van der Waals surface area contributed by atoms with Gasteiger partial charge in [0.05, 0.1) is 16.6 Å². The van der Waals surface area contributed by atoms with Gasteiger partial charge >= 0.3 is 0 Å². The van der Waals surface area contributed by atoms with Crippen LogP contribution in [0.2, 0.25) is 0 Å². The summed E-state index contributed by atoms with van der Waals surface area (Å²) in [4.78, 5) is 22.5. The number of carbonyl (C=O) groups is 1. The van der Waals surface area contributed by atoms with Crippen LogP contribution in [0.5, 0.6) is 0 Å². The fourth-order valence-electron chi connectivity index (χ4n) is 2.93. The fraction of sp³-hybridized carbons (Fsp3) is 0.158. The van der Waals surface area contributed by atoms with Crippen LogP contribution in [0.25, 0.3) is 21.1 Å². The summed E-state index contributed by atoms with van der Waals surface area (Å²) >= 11 is 1.56. The highest BCUT2D eigenvalue weighted by molar-refractivity contribution is 7.22. The number of hydrogen-bond donors (Lipinski definition) is 1. The lowest BCUT2D eigenvalue weighted by Gasteiger charge is -2.17. The highest BCUT2D eigenvalue weighted by atomic mass is 32.1. The van der Waals surface area contributed by atoms with Gasteiger partial charge in [-0.1, -0.05) is 41.7 Å². The number of nitrogens with one attached hydrogen (secondary N) is 1. The Morgan fingerprint density at radius 2 is 1.96 bits per heavy atom. The van der Waals surface area contributed by atoms with Crippen molar-refractivity contribution in [3.05, 3.63) is 60.3 Å². The maximum Gasteiger partial charge on any atom is 0.233 e. The number of aromatic amines is 1. The second kappa shape index (κ2) is 6.09. The zero-order chi connectivity index (χ0) is 16.5. The quantitative estimate of drug-likeness (QED) is 0.602. The summed E-state index contributed by atoms with van der Waals surface area (Å²) in [5, 5.41) is 1.87. The average Bonchev–Trinajstić information content (AvgIpc) is 3.20. The van der Waals surface area contributed by atoms with Crippen molar-refractivity contribution < 1.29 is 4.79 Å². The lowest BCUT2D eigenvalue weighted by Crippen LogP contribution is -2.31. The normalized spacial score (nSPS) is 11.2. The van der Waals surface area contributed by atoms with Gasteiger partial charge in [0.15, 0.2) is 5.13 Å². The number of para-hydroxylation sites is 2. The van der Waals surface area contributed by atoms with Crippen LogP contribution in [0.1, 0.15) is 12.5 Å². The number of hydrogen-bond acceptors (Lipinski definition) is 3. The molecule has 4 nitrogen and oxygen atoms in total. The first-order valence-corrected chi connectivity index (χ1v) is 8.79. The van der Waals surface area contributed by atoms with Crippen molar-refractivity contribution in [2.45, 2.75) is 13.3 Å². The summed E-state index contributed by atoms with van der Waals surface area (Å²) in [6.45, 7) is 2.60. The van der Waals surface area contributed by atoms with Gasteiger partial charge in [-0.3, -0.25) is 9.69 Å². The first-order chi connectivity index (χ1) is 11.8. The van der Waals surface area contributed by atoms with Crippen molar-refractivity contribution >= 4 is 43.5 Å². The number of aromatic nitrogens is 2. The Labute approximate surface area is 143 Å². The second-order valence-corrected chi connectivity index (χ2v) is 6.65. The van der Waals surface area contributed by atoms with Crippen LogP contribution in [-0.2, 0) is 11.2 Å². The molecule has 0 saturated carbocycles. The van der Waals surface area contributed by atoms with Gasteiger partial charge in [0, 0.05) is 23.6 Å². The summed E-state index contributed by atoms with van der Waals surface area (Å²) < 4.78 is 1.10. The third kappa shape index (κ3) is 2.57. The molecule has 0 aliphatic carbocycles. The van der Waals surface area contributed by atoms with Gasteiger partial charge in [-0.05, 0) is 30.7 Å². The maximum absolute atomic E-state index is 12.8. The van der Waals surface area contributed by atoms with Crippen molar-refractivity contribution in [3.8, 4) is 0 Å². The molecular formula is C19H17N3OS. The smallest absolute Gasteiger partial charge is 0.233 e. The molecule has 24 heavy (non-hydrogen) atoms. The molecule has 0 unspecified atom stereocenters. The Morgan fingerprint density at radius 1 is 1.17 bits per heavy atom. The van der Waals surface area contributed by atoms with Crippen molar-refractivity contribution in [2.24, 2.45) is 0 Å². The molecule has 0 radical (unpaired) electrons. The second-order valence-electron chi connectivity index (χ2n) is 5.64. The fourth-order valence-corrected chi connectivity index (χ4v) is 3.98. The van der Waals surface area contributed by atoms with Gasteiger partial charge in [-0.15, -0.1) is 0 Å². The lowest BCUT2D eigenvalue weighted by molar-refractivity contribution is -0.117. The molecule has 1 N–H and O–H groups in total. The van der Waals surface area contributed by atoms with E-state index in [0.29, 0.717) is 13.0 Å². The summed E-state index contributed by atoms with van der Waals surface area (Å²) in [5.74, 6) is 0.0707. The van der Waals surface area contributed by atoms with Crippen molar-refractivity contribution in [1.82, 2.24) is 9.97 Å². The maximum atomic E-state index is 12.8. The number of amides is 1. The van der Waals surface area contributed by atoms with E-state index in [2.05, 4.69) is 9.97 Å². The summed E-state index contributed by atoms with van der Waals surface area (Å²) in [5.41, 5.74) is 3.02. The number of benzene rings is 2. The lowest BCUT2D eigenvalue weighted by atomic mass is 10.1. The minimum absolute atomic E-state index is 0.0707. The molecule has 2 aromatic carbocycles. The molecule has 2 heterocycles. The number of thiazole rings is 1. The molecular weight excluding hydrogens is 318 g/mol. The Kier molecular flexibility index (Phi) is 3.78. The summed E-state index contributed by atoms with van der Waals surface area (Å²) in [6, 6.07) is 16.0. The van der Waals surface area contributed by atoms with Crippen LogP contribution in [0.4, 0.5) is 5.13 Å². The number of rotatable bonds is 4. The van der Waals surface area contributed by atoms with Crippen LogP contribution < -0.4 is 4.90 Å². The molecule has 0 aliphatic rings. The monoisotopic (exact) mass is 335 g/mol. The van der Waals surface area contributed by atoms with Gasteiger partial charge in [0.1, 0.15) is 0 Å². The summed E-state index contributed by atoms with van der Waals surface area (Å²) in [6.07, 6.45) is 2.29. The Balaban J connectivity index is 1.64. The average molecular weight is 335 g/mol. The zero-order valence-corrected chi connectivity index (χ0v) is 14.1. The number of H-pyrrole nitrogens is 1.